The smallest absolute Gasteiger partial charge is 0.163 e. The number of hydrogen-bond acceptors (Lipinski definition) is 3. The number of carbonyl (C=O) groups excluding carboxylic acids is 1. The Hall–Kier alpha value is -1.61. The number of benzene rings is 1. The first-order valence-corrected chi connectivity index (χ1v) is 6.67. The quantitative estimate of drug-likeness (QED) is 0.763. The zero-order valence-corrected chi connectivity index (χ0v) is 11.6. The SMILES string of the molecule is CC1(C)CN2OC(c3ccccc3)=C(C=O)C2(C)C1. The van der Waals surface area contributed by atoms with Crippen molar-refractivity contribution in [1.29, 1.82) is 0 Å². The maximum absolute atomic E-state index is 11.6. The fourth-order valence-electron chi connectivity index (χ4n) is 3.38. The molecule has 0 spiro atoms. The summed E-state index contributed by atoms with van der Waals surface area (Å²) in [6, 6.07) is 9.85. The number of nitrogens with zero attached hydrogens (tertiary/aromatic N) is 1. The van der Waals surface area contributed by atoms with Crippen molar-refractivity contribution < 1.29 is 9.63 Å². The molecule has 0 aromatic heterocycles. The van der Waals surface area contributed by atoms with Crippen LogP contribution >= 0.6 is 0 Å². The topological polar surface area (TPSA) is 29.5 Å². The van der Waals surface area contributed by atoms with Crippen LogP contribution in [0, 0.1) is 5.41 Å². The molecule has 1 aromatic carbocycles. The third kappa shape index (κ3) is 1.80. The fraction of sp³-hybridized carbons (Fsp3) is 0.438. The molecule has 3 rings (SSSR count). The van der Waals surface area contributed by atoms with Crippen molar-refractivity contribution in [3.8, 4) is 0 Å². The average molecular weight is 257 g/mol. The molecule has 3 nitrogen and oxygen atoms in total. The molecule has 3 heteroatoms. The van der Waals surface area contributed by atoms with Gasteiger partial charge in [-0.05, 0) is 18.8 Å². The van der Waals surface area contributed by atoms with Crippen molar-refractivity contribution in [3.05, 3.63) is 41.5 Å². The van der Waals surface area contributed by atoms with Crippen LogP contribution in [0.2, 0.25) is 0 Å². The molecular formula is C16H19NO2. The standard InChI is InChI=1S/C16H19NO2/c1-15(2)10-16(3)13(9-18)14(19-17(16)11-15)12-7-5-4-6-8-12/h4-9H,10-11H2,1-3H3. The van der Waals surface area contributed by atoms with Gasteiger partial charge >= 0.3 is 0 Å². The summed E-state index contributed by atoms with van der Waals surface area (Å²) in [6.45, 7) is 7.37. The lowest BCUT2D eigenvalue weighted by Gasteiger charge is -2.25. The molecule has 2 aliphatic heterocycles. The maximum atomic E-state index is 11.6. The zero-order valence-electron chi connectivity index (χ0n) is 11.6. The second-order valence-electron chi connectivity index (χ2n) is 6.47. The van der Waals surface area contributed by atoms with E-state index in [4.69, 9.17) is 4.84 Å². The van der Waals surface area contributed by atoms with E-state index in [0.29, 0.717) is 5.76 Å². The molecule has 1 atom stereocenters. The predicted octanol–water partition coefficient (Wildman–Crippen LogP) is 3.03. The van der Waals surface area contributed by atoms with Gasteiger partial charge in [-0.2, -0.15) is 0 Å². The summed E-state index contributed by atoms with van der Waals surface area (Å²) in [5.41, 5.74) is 1.61. The van der Waals surface area contributed by atoms with Gasteiger partial charge in [0.25, 0.3) is 0 Å². The molecular weight excluding hydrogens is 238 g/mol. The number of carbonyl (C=O) groups is 1. The van der Waals surface area contributed by atoms with Crippen molar-refractivity contribution in [2.45, 2.75) is 32.7 Å². The van der Waals surface area contributed by atoms with Crippen molar-refractivity contribution in [2.75, 3.05) is 6.54 Å². The summed E-state index contributed by atoms with van der Waals surface area (Å²) in [6.07, 6.45) is 1.90. The van der Waals surface area contributed by atoms with E-state index in [1.165, 1.54) is 0 Å². The summed E-state index contributed by atoms with van der Waals surface area (Å²) in [7, 11) is 0. The van der Waals surface area contributed by atoms with Crippen LogP contribution in [-0.2, 0) is 9.63 Å². The Kier molecular flexibility index (Phi) is 2.58. The summed E-state index contributed by atoms with van der Waals surface area (Å²) in [5, 5.41) is 1.97. The van der Waals surface area contributed by atoms with Crippen LogP contribution in [0.15, 0.2) is 35.9 Å². The largest absolute Gasteiger partial charge is 0.404 e. The van der Waals surface area contributed by atoms with Gasteiger partial charge in [0.05, 0.1) is 11.1 Å². The molecule has 0 amide bonds. The van der Waals surface area contributed by atoms with Crippen LogP contribution in [0.4, 0.5) is 0 Å². The van der Waals surface area contributed by atoms with Crippen LogP contribution in [0.25, 0.3) is 5.76 Å². The Bertz CT molecular complexity index is 547. The van der Waals surface area contributed by atoms with Gasteiger partial charge in [0.1, 0.15) is 0 Å². The minimum atomic E-state index is -0.295. The van der Waals surface area contributed by atoms with E-state index >= 15 is 0 Å². The molecule has 1 saturated heterocycles. The van der Waals surface area contributed by atoms with Gasteiger partial charge in [-0.1, -0.05) is 44.2 Å². The Morgan fingerprint density at radius 2 is 1.89 bits per heavy atom. The Labute approximate surface area is 113 Å². The van der Waals surface area contributed by atoms with Crippen molar-refractivity contribution in [3.63, 3.8) is 0 Å². The first-order valence-electron chi connectivity index (χ1n) is 6.67. The van der Waals surface area contributed by atoms with E-state index in [1.54, 1.807) is 0 Å². The number of hydrogen-bond donors (Lipinski definition) is 0. The minimum absolute atomic E-state index is 0.172. The molecule has 1 unspecified atom stereocenters. The van der Waals surface area contributed by atoms with E-state index in [1.807, 2.05) is 35.4 Å². The van der Waals surface area contributed by atoms with Gasteiger partial charge < -0.3 is 4.84 Å². The van der Waals surface area contributed by atoms with Gasteiger partial charge in [-0.3, -0.25) is 4.79 Å². The van der Waals surface area contributed by atoms with Gasteiger partial charge in [0.2, 0.25) is 0 Å². The second-order valence-corrected chi connectivity index (χ2v) is 6.47. The number of aldehydes is 1. The van der Waals surface area contributed by atoms with E-state index in [-0.39, 0.29) is 11.0 Å². The molecule has 0 radical (unpaired) electrons. The second kappa shape index (κ2) is 3.94. The zero-order chi connectivity index (χ0) is 13.7. The lowest BCUT2D eigenvalue weighted by Crippen LogP contribution is -2.37. The van der Waals surface area contributed by atoms with E-state index in [0.717, 1.165) is 30.4 Å². The van der Waals surface area contributed by atoms with E-state index in [2.05, 4.69) is 20.8 Å². The van der Waals surface area contributed by atoms with Crippen molar-refractivity contribution in [1.82, 2.24) is 5.06 Å². The monoisotopic (exact) mass is 257 g/mol. The van der Waals surface area contributed by atoms with Crippen LogP contribution in [0.1, 0.15) is 32.8 Å². The molecule has 0 N–H and O–H groups in total. The van der Waals surface area contributed by atoms with Crippen molar-refractivity contribution >= 4 is 12.0 Å². The van der Waals surface area contributed by atoms with Crippen LogP contribution in [0.3, 0.4) is 0 Å². The molecule has 1 fully saturated rings. The summed E-state index contributed by atoms with van der Waals surface area (Å²) >= 11 is 0. The van der Waals surface area contributed by atoms with Crippen molar-refractivity contribution in [2.24, 2.45) is 5.41 Å². The number of fused-ring (bicyclic) bond motifs is 1. The van der Waals surface area contributed by atoms with Crippen LogP contribution in [-0.4, -0.2) is 23.4 Å². The molecule has 100 valence electrons. The van der Waals surface area contributed by atoms with Gasteiger partial charge in [0, 0.05) is 12.1 Å². The third-order valence-corrected chi connectivity index (χ3v) is 4.13. The Morgan fingerprint density at radius 1 is 1.21 bits per heavy atom. The normalized spacial score (nSPS) is 29.2. The molecule has 1 aromatic rings. The maximum Gasteiger partial charge on any atom is 0.163 e. The highest BCUT2D eigenvalue weighted by Crippen LogP contribution is 2.51. The predicted molar refractivity (Wildman–Crippen MR) is 74.0 cm³/mol. The molecule has 2 heterocycles. The molecule has 2 aliphatic rings. The van der Waals surface area contributed by atoms with E-state index in [9.17, 15) is 4.79 Å². The highest BCUT2D eigenvalue weighted by molar-refractivity contribution is 5.90. The lowest BCUT2D eigenvalue weighted by molar-refractivity contribution is -0.113. The highest BCUT2D eigenvalue weighted by atomic mass is 16.7. The molecule has 0 aliphatic carbocycles. The number of hydroxylamine groups is 2. The highest BCUT2D eigenvalue weighted by Gasteiger charge is 2.55. The minimum Gasteiger partial charge on any atom is -0.404 e. The Balaban J connectivity index is 2.07. The van der Waals surface area contributed by atoms with Gasteiger partial charge in [-0.15, -0.1) is 5.06 Å². The molecule has 0 bridgehead atoms. The Morgan fingerprint density at radius 3 is 2.53 bits per heavy atom. The number of rotatable bonds is 2. The lowest BCUT2D eigenvalue weighted by atomic mass is 9.80. The first kappa shape index (κ1) is 12.4. The van der Waals surface area contributed by atoms with Crippen LogP contribution in [0.5, 0.6) is 0 Å². The van der Waals surface area contributed by atoms with Crippen LogP contribution < -0.4 is 0 Å². The summed E-state index contributed by atoms with van der Waals surface area (Å²) in [4.78, 5) is 17.6. The van der Waals surface area contributed by atoms with E-state index < -0.39 is 0 Å². The summed E-state index contributed by atoms with van der Waals surface area (Å²) < 4.78 is 0. The average Bonchev–Trinajstić information content (AvgIpc) is 2.74. The fourth-order valence-corrected chi connectivity index (χ4v) is 3.38. The molecule has 0 saturated carbocycles. The third-order valence-electron chi connectivity index (χ3n) is 4.13. The summed E-state index contributed by atoms with van der Waals surface area (Å²) in [5.74, 6) is 0.716. The van der Waals surface area contributed by atoms with Gasteiger partial charge in [0.15, 0.2) is 12.0 Å². The first-order chi connectivity index (χ1) is 8.96. The van der Waals surface area contributed by atoms with Gasteiger partial charge in [-0.25, -0.2) is 0 Å². The molecule has 19 heavy (non-hydrogen) atoms.